The van der Waals surface area contributed by atoms with Crippen molar-refractivity contribution in [2.45, 2.75) is 44.6 Å². The van der Waals surface area contributed by atoms with Crippen LogP contribution in [-0.2, 0) is 33.3 Å². The first-order chi connectivity index (χ1) is 20.7. The molecular weight excluding hydrogens is 587 g/mol. The number of hydrogen-bond donors (Lipinski definition) is 3. The second-order valence-corrected chi connectivity index (χ2v) is 13.2. The third kappa shape index (κ3) is 9.55. The Morgan fingerprint density at radius 3 is 2.21 bits per heavy atom. The molecule has 1 aliphatic heterocycles. The van der Waals surface area contributed by atoms with E-state index in [1.54, 1.807) is 0 Å². The Bertz CT molecular complexity index is 1350. The molecule has 2 amide bonds. The second-order valence-electron chi connectivity index (χ2n) is 10.7. The molecule has 2 aromatic rings. The van der Waals surface area contributed by atoms with Gasteiger partial charge in [-0.05, 0) is 43.5 Å². The molecule has 1 saturated carbocycles. The van der Waals surface area contributed by atoms with Crippen LogP contribution in [0.3, 0.4) is 0 Å². The van der Waals surface area contributed by atoms with E-state index in [-0.39, 0.29) is 36.6 Å². The minimum Gasteiger partial charge on any atom is -0.363 e. The first-order valence-corrected chi connectivity index (χ1v) is 16.5. The van der Waals surface area contributed by atoms with E-state index < -0.39 is 10.9 Å². The SMILES string of the molecule is C=N/N=C(\SCNC(=O)Cc1cccc(N(C)C)n1)C1CCC[C@H](N2NN=S2CNC(=O)Cc2cccc(N(C)C)n2)C1. The molecule has 0 radical (unpaired) electrons. The lowest BCUT2D eigenvalue weighted by Crippen LogP contribution is -2.55. The number of amides is 2. The Balaban J connectivity index is 1.23. The zero-order chi connectivity index (χ0) is 30.8. The van der Waals surface area contributed by atoms with Gasteiger partial charge in [0.15, 0.2) is 0 Å². The Hall–Kier alpha value is -3.40. The third-order valence-corrected chi connectivity index (χ3v) is 9.57. The van der Waals surface area contributed by atoms with Gasteiger partial charge in [0.2, 0.25) is 11.8 Å². The zero-order valence-corrected chi connectivity index (χ0v) is 26.8. The summed E-state index contributed by atoms with van der Waals surface area (Å²) >= 11 is 1.49. The van der Waals surface area contributed by atoms with Gasteiger partial charge < -0.3 is 20.4 Å². The van der Waals surface area contributed by atoms with Gasteiger partial charge in [0.25, 0.3) is 0 Å². The first-order valence-electron chi connectivity index (χ1n) is 14.2. The van der Waals surface area contributed by atoms with Gasteiger partial charge in [0.05, 0.1) is 36.0 Å². The van der Waals surface area contributed by atoms with E-state index in [2.05, 4.69) is 51.9 Å². The number of thioether (sulfide) groups is 1. The number of hydrazine groups is 1. The van der Waals surface area contributed by atoms with E-state index in [0.717, 1.165) is 53.8 Å². The Morgan fingerprint density at radius 2 is 1.65 bits per heavy atom. The zero-order valence-electron chi connectivity index (χ0n) is 25.2. The third-order valence-electron chi connectivity index (χ3n) is 7.04. The fraction of sp³-hybridized carbons (Fsp3) is 0.500. The fourth-order valence-corrected chi connectivity index (χ4v) is 7.09. The van der Waals surface area contributed by atoms with Gasteiger partial charge in [-0.15, -0.1) is 15.1 Å². The number of rotatable bonds is 13. The number of hydrogen-bond acceptors (Lipinski definition) is 12. The summed E-state index contributed by atoms with van der Waals surface area (Å²) in [5.41, 5.74) is 4.55. The summed E-state index contributed by atoms with van der Waals surface area (Å²) in [5, 5.41) is 15.0. The summed E-state index contributed by atoms with van der Waals surface area (Å²) in [6.07, 6.45) is 4.34. The van der Waals surface area contributed by atoms with Gasteiger partial charge in [-0.2, -0.15) is 9.52 Å². The van der Waals surface area contributed by atoms with Crippen molar-refractivity contribution in [1.82, 2.24) is 30.6 Å². The lowest BCUT2D eigenvalue weighted by Gasteiger charge is -2.41. The number of nitrogens with one attached hydrogen (secondary N) is 3. The van der Waals surface area contributed by atoms with Gasteiger partial charge in [0.1, 0.15) is 16.7 Å². The van der Waals surface area contributed by atoms with Crippen molar-refractivity contribution >= 4 is 57.9 Å². The number of nitrogens with zero attached hydrogens (tertiary/aromatic N) is 8. The summed E-state index contributed by atoms with van der Waals surface area (Å²) in [6, 6.07) is 11.6. The molecule has 0 aromatic carbocycles. The Kier molecular flexibility index (Phi) is 12.0. The summed E-state index contributed by atoms with van der Waals surface area (Å²) < 4.78 is 6.56. The van der Waals surface area contributed by atoms with Crippen molar-refractivity contribution in [2.24, 2.45) is 20.6 Å². The predicted octanol–water partition coefficient (Wildman–Crippen LogP) is 2.30. The van der Waals surface area contributed by atoms with E-state index in [1.807, 2.05) is 74.4 Å². The van der Waals surface area contributed by atoms with Gasteiger partial charge >= 0.3 is 0 Å². The van der Waals surface area contributed by atoms with Crippen molar-refractivity contribution < 1.29 is 9.59 Å². The van der Waals surface area contributed by atoms with Crippen LogP contribution in [0.2, 0.25) is 0 Å². The van der Waals surface area contributed by atoms with E-state index in [4.69, 9.17) is 0 Å². The molecule has 3 heterocycles. The summed E-state index contributed by atoms with van der Waals surface area (Å²) in [5.74, 6) is 2.50. The second kappa shape index (κ2) is 15.9. The maximum atomic E-state index is 12.6. The lowest BCUT2D eigenvalue weighted by molar-refractivity contribution is -0.121. The summed E-state index contributed by atoms with van der Waals surface area (Å²) in [6.45, 7) is 3.56. The van der Waals surface area contributed by atoms with Crippen molar-refractivity contribution in [3.05, 3.63) is 47.8 Å². The van der Waals surface area contributed by atoms with Crippen molar-refractivity contribution in [3.8, 4) is 0 Å². The molecule has 3 atom stereocenters. The largest absolute Gasteiger partial charge is 0.363 e. The maximum absolute atomic E-state index is 12.6. The van der Waals surface area contributed by atoms with Gasteiger partial charge in [-0.3, -0.25) is 9.59 Å². The van der Waals surface area contributed by atoms with Crippen LogP contribution in [0.25, 0.3) is 0 Å². The number of pyridine rings is 2. The quantitative estimate of drug-likeness (QED) is 0.132. The smallest absolute Gasteiger partial charge is 0.226 e. The average Bonchev–Trinajstić information content (AvgIpc) is 2.96. The number of aromatic nitrogens is 2. The summed E-state index contributed by atoms with van der Waals surface area (Å²) in [4.78, 5) is 38.1. The average molecular weight is 628 g/mol. The van der Waals surface area contributed by atoms with E-state index in [1.165, 1.54) is 11.8 Å². The van der Waals surface area contributed by atoms with Crippen LogP contribution in [0.15, 0.2) is 51.1 Å². The standard InChI is InChI=1S/C28H41N11O2S2/c1-29-34-28(42-18-30-26(40)16-21-10-7-13-24(32-21)37(2)3)20-9-6-12-23(15-20)39-35-36-43(39)19-31-27(41)17-22-11-8-14-25(33-22)38(4)5/h7-8,10-11,13-14,20,23,35H,1,6,9,12,15-19H2,2-5H3,(H,30,40)(H,31,41)/b34-28-/t20?,23-,43?/m0/s1. The highest BCUT2D eigenvalue weighted by Gasteiger charge is 2.34. The van der Waals surface area contributed by atoms with Crippen LogP contribution in [0, 0.1) is 5.92 Å². The van der Waals surface area contributed by atoms with Gasteiger partial charge in [0, 0.05) is 57.7 Å². The summed E-state index contributed by atoms with van der Waals surface area (Å²) in [7, 11) is 7.24. The minimum atomic E-state index is -0.452. The van der Waals surface area contributed by atoms with Crippen LogP contribution in [-0.4, -0.2) is 83.9 Å². The van der Waals surface area contributed by atoms with Gasteiger partial charge in [-0.25, -0.2) is 9.97 Å². The highest BCUT2D eigenvalue weighted by atomic mass is 32.2. The van der Waals surface area contributed by atoms with Crippen molar-refractivity contribution in [3.63, 3.8) is 0 Å². The molecule has 3 N–H and O–H groups in total. The van der Waals surface area contributed by atoms with E-state index in [9.17, 15) is 9.59 Å². The van der Waals surface area contributed by atoms with E-state index >= 15 is 0 Å². The van der Waals surface area contributed by atoms with Crippen molar-refractivity contribution in [1.29, 1.82) is 0 Å². The Morgan fingerprint density at radius 1 is 1.02 bits per heavy atom. The molecule has 2 unspecified atom stereocenters. The molecule has 43 heavy (non-hydrogen) atoms. The first kappa shape index (κ1) is 32.5. The van der Waals surface area contributed by atoms with E-state index in [0.29, 0.717) is 11.8 Å². The van der Waals surface area contributed by atoms with Crippen LogP contribution >= 0.6 is 11.8 Å². The molecule has 2 aliphatic rings. The fourth-order valence-electron chi connectivity index (χ4n) is 4.82. The number of carbonyl (C=O) groups is 2. The monoisotopic (exact) mass is 627 g/mol. The molecule has 1 aliphatic carbocycles. The topological polar surface area (TPSA) is 143 Å². The molecule has 2 aromatic heterocycles. The predicted molar refractivity (Wildman–Crippen MR) is 176 cm³/mol. The Labute approximate surface area is 260 Å². The number of anilines is 2. The molecule has 1 fully saturated rings. The molecule has 15 heteroatoms. The highest BCUT2D eigenvalue weighted by molar-refractivity contribution is 8.13. The molecule has 0 bridgehead atoms. The van der Waals surface area contributed by atoms with Crippen molar-refractivity contribution in [2.75, 3.05) is 49.7 Å². The molecule has 232 valence electrons. The minimum absolute atomic E-state index is 0.0782. The maximum Gasteiger partial charge on any atom is 0.226 e. The lowest BCUT2D eigenvalue weighted by atomic mass is 9.86. The van der Waals surface area contributed by atoms with Crippen LogP contribution in [0.1, 0.15) is 37.1 Å². The highest BCUT2D eigenvalue weighted by Crippen LogP contribution is 2.33. The van der Waals surface area contributed by atoms with Gasteiger partial charge in [-0.1, -0.05) is 30.3 Å². The van der Waals surface area contributed by atoms with Crippen LogP contribution < -0.4 is 26.0 Å². The molecular formula is C28H41N11O2S2. The normalized spacial score (nSPS) is 20.4. The molecule has 13 nitrogen and oxygen atoms in total. The number of carbonyl (C=O) groups excluding carboxylic acids is 2. The van der Waals surface area contributed by atoms with Crippen LogP contribution in [0.4, 0.5) is 11.6 Å². The van der Waals surface area contributed by atoms with Crippen LogP contribution in [0.5, 0.6) is 0 Å². The molecule has 4 rings (SSSR count). The molecule has 0 spiro atoms. The molecule has 0 saturated heterocycles.